The molecule has 3 aromatic rings. The second-order valence-electron chi connectivity index (χ2n) is 6.84. The molecule has 1 aliphatic rings. The Hall–Kier alpha value is -2.51. The van der Waals surface area contributed by atoms with Crippen LogP contribution in [0, 0.1) is 13.8 Å². The third-order valence-electron chi connectivity index (χ3n) is 5.07. The number of para-hydroxylation sites is 1. The van der Waals surface area contributed by atoms with Crippen LogP contribution >= 0.6 is 0 Å². The molecule has 0 spiro atoms. The van der Waals surface area contributed by atoms with Crippen LogP contribution in [-0.4, -0.2) is 44.6 Å². The zero-order chi connectivity index (χ0) is 18.8. The van der Waals surface area contributed by atoms with E-state index in [0.29, 0.717) is 31.5 Å². The van der Waals surface area contributed by atoms with Crippen LogP contribution < -0.4 is 0 Å². The molecule has 4 rings (SSSR count). The molecule has 142 valence electrons. The summed E-state index contributed by atoms with van der Waals surface area (Å²) in [7, 11) is 0. The van der Waals surface area contributed by atoms with Gasteiger partial charge in [-0.05, 0) is 26.0 Å². The van der Waals surface area contributed by atoms with E-state index in [1.165, 1.54) is 5.56 Å². The predicted molar refractivity (Wildman–Crippen MR) is 101 cm³/mol. The molecule has 1 fully saturated rings. The first-order valence-corrected chi connectivity index (χ1v) is 9.42. The Morgan fingerprint density at radius 1 is 1.11 bits per heavy atom. The summed E-state index contributed by atoms with van der Waals surface area (Å²) in [5.41, 5.74) is 4.45. The summed E-state index contributed by atoms with van der Waals surface area (Å²) >= 11 is 0. The van der Waals surface area contributed by atoms with E-state index in [-0.39, 0.29) is 6.04 Å². The number of nitrogens with zero attached hydrogens (tertiary/aromatic N) is 5. The molecule has 0 saturated carbocycles. The number of aromatic nitrogens is 4. The zero-order valence-electron chi connectivity index (χ0n) is 16.1. The lowest BCUT2D eigenvalue weighted by molar-refractivity contribution is -0.0167. The smallest absolute Gasteiger partial charge is 0.230 e. The Morgan fingerprint density at radius 2 is 1.89 bits per heavy atom. The maximum atomic E-state index is 5.81. The van der Waals surface area contributed by atoms with E-state index in [2.05, 4.69) is 41.1 Å². The minimum Gasteiger partial charge on any atom is -0.424 e. The van der Waals surface area contributed by atoms with Gasteiger partial charge in [-0.15, -0.1) is 10.2 Å². The lowest BCUT2D eigenvalue weighted by Gasteiger charge is -2.35. The third-order valence-corrected chi connectivity index (χ3v) is 5.07. The third kappa shape index (κ3) is 3.52. The average Bonchev–Trinajstić information content (AvgIpc) is 3.27. The van der Waals surface area contributed by atoms with Gasteiger partial charge in [0.1, 0.15) is 0 Å². The van der Waals surface area contributed by atoms with Gasteiger partial charge in [-0.3, -0.25) is 4.90 Å². The molecular formula is C20H25N5O2. The summed E-state index contributed by atoms with van der Waals surface area (Å²) in [4.78, 5) is 2.35. The lowest BCUT2D eigenvalue weighted by atomic mass is 10.0. The van der Waals surface area contributed by atoms with Crippen molar-refractivity contribution in [1.29, 1.82) is 0 Å². The Kier molecular flexibility index (Phi) is 5.05. The van der Waals surface area contributed by atoms with Gasteiger partial charge in [0.2, 0.25) is 11.8 Å². The molecule has 0 bridgehead atoms. The van der Waals surface area contributed by atoms with Crippen LogP contribution in [-0.2, 0) is 17.7 Å². The second kappa shape index (κ2) is 7.62. The van der Waals surface area contributed by atoms with Gasteiger partial charge in [-0.2, -0.15) is 5.10 Å². The summed E-state index contributed by atoms with van der Waals surface area (Å²) in [5, 5.41) is 13.1. The van der Waals surface area contributed by atoms with Gasteiger partial charge in [0.15, 0.2) is 0 Å². The van der Waals surface area contributed by atoms with Gasteiger partial charge in [0.05, 0.1) is 37.2 Å². The van der Waals surface area contributed by atoms with Gasteiger partial charge in [0.25, 0.3) is 0 Å². The van der Waals surface area contributed by atoms with E-state index in [1.54, 1.807) is 0 Å². The van der Waals surface area contributed by atoms with Crippen molar-refractivity contribution in [2.45, 2.75) is 39.8 Å². The molecule has 7 nitrogen and oxygen atoms in total. The van der Waals surface area contributed by atoms with Crippen LogP contribution in [0.1, 0.15) is 41.7 Å². The van der Waals surface area contributed by atoms with E-state index >= 15 is 0 Å². The van der Waals surface area contributed by atoms with Gasteiger partial charge in [-0.1, -0.05) is 25.1 Å². The highest BCUT2D eigenvalue weighted by Crippen LogP contribution is 2.31. The minimum absolute atomic E-state index is 0.119. The summed E-state index contributed by atoms with van der Waals surface area (Å²) < 4.78 is 13.6. The Labute approximate surface area is 159 Å². The minimum atomic E-state index is 0.119. The monoisotopic (exact) mass is 367 g/mol. The standard InChI is InChI=1S/C20H25N5O2/c1-4-18-21-22-19(27-18)12-24-10-11-26-13-17(24)20-14(2)23-25(15(20)3)16-8-6-5-7-9-16/h5-9,17H,4,10-13H2,1-3H3/t17-/m1/s1. The fourth-order valence-electron chi connectivity index (χ4n) is 3.72. The number of aryl methyl sites for hydroxylation is 2. The number of benzene rings is 1. The quantitative estimate of drug-likeness (QED) is 0.690. The molecule has 27 heavy (non-hydrogen) atoms. The fourth-order valence-corrected chi connectivity index (χ4v) is 3.72. The van der Waals surface area contributed by atoms with Crippen LogP contribution in [0.3, 0.4) is 0 Å². The van der Waals surface area contributed by atoms with Crippen LogP contribution in [0.2, 0.25) is 0 Å². The first kappa shape index (κ1) is 17.9. The Bertz CT molecular complexity index is 902. The maximum absolute atomic E-state index is 5.81. The predicted octanol–water partition coefficient (Wildman–Crippen LogP) is 3.01. The van der Waals surface area contributed by atoms with Crippen molar-refractivity contribution < 1.29 is 9.15 Å². The van der Waals surface area contributed by atoms with E-state index in [0.717, 1.165) is 30.0 Å². The molecule has 7 heteroatoms. The largest absolute Gasteiger partial charge is 0.424 e. The first-order chi connectivity index (χ1) is 13.2. The molecule has 1 saturated heterocycles. The molecule has 3 heterocycles. The normalized spacial score (nSPS) is 18.1. The second-order valence-corrected chi connectivity index (χ2v) is 6.84. The Morgan fingerprint density at radius 3 is 2.63 bits per heavy atom. The number of hydrogen-bond donors (Lipinski definition) is 0. The molecule has 1 atom stereocenters. The zero-order valence-corrected chi connectivity index (χ0v) is 16.1. The average molecular weight is 367 g/mol. The van der Waals surface area contributed by atoms with Crippen molar-refractivity contribution in [2.24, 2.45) is 0 Å². The molecule has 0 aliphatic carbocycles. The summed E-state index contributed by atoms with van der Waals surface area (Å²) in [6.45, 7) is 8.99. The first-order valence-electron chi connectivity index (χ1n) is 9.42. The topological polar surface area (TPSA) is 69.2 Å². The maximum Gasteiger partial charge on any atom is 0.230 e. The lowest BCUT2D eigenvalue weighted by Crippen LogP contribution is -2.39. The van der Waals surface area contributed by atoms with Gasteiger partial charge in [0, 0.05) is 24.2 Å². The number of rotatable bonds is 5. The molecule has 0 unspecified atom stereocenters. The van der Waals surface area contributed by atoms with Gasteiger partial charge in [-0.25, -0.2) is 4.68 Å². The van der Waals surface area contributed by atoms with Crippen LogP contribution in [0.5, 0.6) is 0 Å². The van der Waals surface area contributed by atoms with Gasteiger partial charge < -0.3 is 9.15 Å². The van der Waals surface area contributed by atoms with Crippen molar-refractivity contribution in [1.82, 2.24) is 24.9 Å². The number of morpholine rings is 1. The van der Waals surface area contributed by atoms with E-state index in [1.807, 2.05) is 29.8 Å². The fraction of sp³-hybridized carbons (Fsp3) is 0.450. The van der Waals surface area contributed by atoms with E-state index in [9.17, 15) is 0 Å². The molecule has 0 amide bonds. The van der Waals surface area contributed by atoms with E-state index < -0.39 is 0 Å². The van der Waals surface area contributed by atoms with Gasteiger partial charge >= 0.3 is 0 Å². The van der Waals surface area contributed by atoms with E-state index in [4.69, 9.17) is 14.3 Å². The van der Waals surface area contributed by atoms with Crippen LogP contribution in [0.15, 0.2) is 34.7 Å². The summed E-state index contributed by atoms with van der Waals surface area (Å²) in [6.07, 6.45) is 0.752. The number of hydrogen-bond acceptors (Lipinski definition) is 6. The number of ether oxygens (including phenoxy) is 1. The van der Waals surface area contributed by atoms with Crippen molar-refractivity contribution in [2.75, 3.05) is 19.8 Å². The molecule has 1 aliphatic heterocycles. The summed E-state index contributed by atoms with van der Waals surface area (Å²) in [5.74, 6) is 1.34. The molecule has 2 aromatic heterocycles. The molecule has 0 N–H and O–H groups in total. The molecule has 1 aromatic carbocycles. The molecule has 0 radical (unpaired) electrons. The highest BCUT2D eigenvalue weighted by atomic mass is 16.5. The van der Waals surface area contributed by atoms with Crippen molar-refractivity contribution in [3.8, 4) is 5.69 Å². The highest BCUT2D eigenvalue weighted by Gasteiger charge is 2.31. The highest BCUT2D eigenvalue weighted by molar-refractivity contribution is 5.38. The van der Waals surface area contributed by atoms with Crippen molar-refractivity contribution in [3.05, 3.63) is 59.1 Å². The van der Waals surface area contributed by atoms with Crippen LogP contribution in [0.4, 0.5) is 0 Å². The molecular weight excluding hydrogens is 342 g/mol. The van der Waals surface area contributed by atoms with Crippen molar-refractivity contribution in [3.63, 3.8) is 0 Å². The van der Waals surface area contributed by atoms with Crippen LogP contribution in [0.25, 0.3) is 5.69 Å². The summed E-state index contributed by atoms with van der Waals surface area (Å²) in [6, 6.07) is 10.3. The SMILES string of the molecule is CCc1nnc(CN2CCOC[C@@H]2c2c(C)nn(-c3ccccc3)c2C)o1. The Balaban J connectivity index is 1.65. The van der Waals surface area contributed by atoms with Crippen molar-refractivity contribution >= 4 is 0 Å².